The molecule has 0 bridgehead atoms. The Balaban J connectivity index is 1.79. The lowest BCUT2D eigenvalue weighted by Crippen LogP contribution is -2.29. The molecule has 0 unspecified atom stereocenters. The van der Waals surface area contributed by atoms with E-state index in [-0.39, 0.29) is 17.2 Å². The van der Waals surface area contributed by atoms with Crippen molar-refractivity contribution in [1.82, 2.24) is 9.78 Å². The van der Waals surface area contributed by atoms with E-state index < -0.39 is 11.8 Å². The van der Waals surface area contributed by atoms with Crippen LogP contribution in [0.3, 0.4) is 0 Å². The van der Waals surface area contributed by atoms with Crippen LogP contribution >= 0.6 is 0 Å². The molecule has 0 aliphatic carbocycles. The van der Waals surface area contributed by atoms with Crippen LogP contribution in [0.5, 0.6) is 0 Å². The zero-order valence-corrected chi connectivity index (χ0v) is 18.3. The third kappa shape index (κ3) is 4.21. The van der Waals surface area contributed by atoms with Crippen LogP contribution in [0, 0.1) is 5.92 Å². The van der Waals surface area contributed by atoms with Gasteiger partial charge < -0.3 is 16.0 Å². The van der Waals surface area contributed by atoms with Gasteiger partial charge in [0, 0.05) is 30.6 Å². The Morgan fingerprint density at radius 3 is 2.44 bits per heavy atom. The number of nitrogens with one attached hydrogen (secondary N) is 1. The van der Waals surface area contributed by atoms with Gasteiger partial charge in [-0.05, 0) is 43.0 Å². The average molecular weight is 434 g/mol. The predicted octanol–water partition coefficient (Wildman–Crippen LogP) is 3.00. The molecule has 2 aromatic carbocycles. The van der Waals surface area contributed by atoms with Crippen LogP contribution in [-0.2, 0) is 6.54 Å². The number of benzene rings is 2. The first-order valence-corrected chi connectivity index (χ1v) is 10.8. The van der Waals surface area contributed by atoms with Crippen LogP contribution in [-0.4, -0.2) is 34.7 Å². The topological polar surface area (TPSA) is 110 Å². The zero-order valence-electron chi connectivity index (χ0n) is 18.3. The molecule has 166 valence electrons. The van der Waals surface area contributed by atoms with Crippen molar-refractivity contribution >= 4 is 34.0 Å². The summed E-state index contributed by atoms with van der Waals surface area (Å²) < 4.78 is 1.35. The van der Waals surface area contributed by atoms with E-state index in [4.69, 9.17) is 5.73 Å². The van der Waals surface area contributed by atoms with E-state index in [0.717, 1.165) is 31.6 Å². The van der Waals surface area contributed by atoms with Gasteiger partial charge in [0.05, 0.1) is 16.8 Å². The van der Waals surface area contributed by atoms with Gasteiger partial charge in [-0.25, -0.2) is 4.68 Å². The van der Waals surface area contributed by atoms with Crippen LogP contribution in [0.2, 0.25) is 0 Å². The Bertz CT molecular complexity index is 1240. The van der Waals surface area contributed by atoms with E-state index in [2.05, 4.69) is 15.3 Å². The second-order valence-corrected chi connectivity index (χ2v) is 8.52. The first-order valence-electron chi connectivity index (χ1n) is 10.8. The Morgan fingerprint density at radius 1 is 1.09 bits per heavy atom. The number of carbonyl (C=O) groups excluding carboxylic acids is 2. The fourth-order valence-corrected chi connectivity index (χ4v) is 4.08. The lowest BCUT2D eigenvalue weighted by Gasteiger charge is -2.22. The van der Waals surface area contributed by atoms with Crippen molar-refractivity contribution < 1.29 is 9.59 Å². The molecule has 1 saturated heterocycles. The number of amides is 2. The minimum absolute atomic E-state index is 0.165. The summed E-state index contributed by atoms with van der Waals surface area (Å²) in [4.78, 5) is 40.2. The maximum absolute atomic E-state index is 13.4. The third-order valence-corrected chi connectivity index (χ3v) is 5.60. The number of nitrogens with zero attached hydrogens (tertiary/aromatic N) is 3. The molecule has 2 heterocycles. The van der Waals surface area contributed by atoms with Crippen molar-refractivity contribution in [3.05, 3.63) is 64.1 Å². The molecule has 0 spiro atoms. The van der Waals surface area contributed by atoms with E-state index in [1.165, 1.54) is 4.68 Å². The van der Waals surface area contributed by atoms with Gasteiger partial charge in [-0.15, -0.1) is 0 Å². The zero-order chi connectivity index (χ0) is 22.8. The molecule has 8 heteroatoms. The maximum Gasteiger partial charge on any atom is 0.276 e. The van der Waals surface area contributed by atoms with Gasteiger partial charge in [0.1, 0.15) is 0 Å². The number of hydrogen-bond acceptors (Lipinski definition) is 5. The van der Waals surface area contributed by atoms with E-state index in [9.17, 15) is 14.4 Å². The van der Waals surface area contributed by atoms with Crippen molar-refractivity contribution in [2.24, 2.45) is 11.7 Å². The molecule has 1 aromatic heterocycles. The largest absolute Gasteiger partial charge is 0.370 e. The predicted molar refractivity (Wildman–Crippen MR) is 125 cm³/mol. The highest BCUT2D eigenvalue weighted by atomic mass is 16.2. The summed E-state index contributed by atoms with van der Waals surface area (Å²) in [5, 5.41) is 8.27. The number of hydrogen-bond donors (Lipinski definition) is 2. The van der Waals surface area contributed by atoms with E-state index in [1.807, 2.05) is 19.9 Å². The lowest BCUT2D eigenvalue weighted by molar-refractivity contribution is 0.0995. The monoisotopic (exact) mass is 433 g/mol. The summed E-state index contributed by atoms with van der Waals surface area (Å²) in [5.41, 5.74) is 7.06. The molecule has 1 fully saturated rings. The molecule has 1 aliphatic rings. The van der Waals surface area contributed by atoms with Crippen LogP contribution in [0.4, 0.5) is 11.4 Å². The minimum Gasteiger partial charge on any atom is -0.370 e. The van der Waals surface area contributed by atoms with E-state index in [0.29, 0.717) is 28.6 Å². The molecule has 0 radical (unpaired) electrons. The van der Waals surface area contributed by atoms with Crippen LogP contribution in [0.25, 0.3) is 10.8 Å². The van der Waals surface area contributed by atoms with Gasteiger partial charge in [0.2, 0.25) is 5.91 Å². The van der Waals surface area contributed by atoms with Crippen LogP contribution < -0.4 is 21.5 Å². The first kappa shape index (κ1) is 21.5. The van der Waals surface area contributed by atoms with Crippen molar-refractivity contribution in [2.45, 2.75) is 33.2 Å². The second kappa shape index (κ2) is 8.82. The van der Waals surface area contributed by atoms with Gasteiger partial charge in [0.25, 0.3) is 11.5 Å². The maximum atomic E-state index is 13.4. The highest BCUT2D eigenvalue weighted by Gasteiger charge is 2.22. The summed E-state index contributed by atoms with van der Waals surface area (Å²) in [6, 6.07) is 12.0. The molecule has 1 aliphatic heterocycles. The number of fused-ring (bicyclic) bond motifs is 1. The molecule has 32 heavy (non-hydrogen) atoms. The van der Waals surface area contributed by atoms with Crippen LogP contribution in [0.15, 0.2) is 47.3 Å². The summed E-state index contributed by atoms with van der Waals surface area (Å²) >= 11 is 0. The van der Waals surface area contributed by atoms with Gasteiger partial charge in [-0.1, -0.05) is 32.0 Å². The summed E-state index contributed by atoms with van der Waals surface area (Å²) in [6.07, 6.45) is 2.13. The molecule has 3 N–H and O–H groups in total. The molecule has 2 amide bonds. The summed E-state index contributed by atoms with van der Waals surface area (Å²) in [6.45, 7) is 6.13. The van der Waals surface area contributed by atoms with E-state index in [1.54, 1.807) is 36.4 Å². The molecular formula is C24H27N5O3. The second-order valence-electron chi connectivity index (χ2n) is 8.52. The van der Waals surface area contributed by atoms with Crippen molar-refractivity contribution in [3.8, 4) is 0 Å². The molecule has 8 nitrogen and oxygen atoms in total. The molecule has 3 aromatic rings. The Kier molecular flexibility index (Phi) is 5.94. The highest BCUT2D eigenvalue weighted by molar-refractivity contribution is 6.12. The third-order valence-electron chi connectivity index (χ3n) is 5.60. The quantitative estimate of drug-likeness (QED) is 0.621. The first-order chi connectivity index (χ1) is 15.3. The molecular weight excluding hydrogens is 406 g/mol. The summed E-state index contributed by atoms with van der Waals surface area (Å²) in [5.74, 6) is -0.824. The van der Waals surface area contributed by atoms with Crippen molar-refractivity contribution in [3.63, 3.8) is 0 Å². The molecule has 0 saturated carbocycles. The average Bonchev–Trinajstić information content (AvgIpc) is 3.30. The minimum atomic E-state index is -0.567. The highest BCUT2D eigenvalue weighted by Crippen LogP contribution is 2.30. The van der Waals surface area contributed by atoms with Gasteiger partial charge in [-0.2, -0.15) is 5.10 Å². The fourth-order valence-electron chi connectivity index (χ4n) is 4.08. The number of rotatable bonds is 6. The van der Waals surface area contributed by atoms with Gasteiger partial charge in [0.15, 0.2) is 5.69 Å². The Hall–Kier alpha value is -3.68. The Morgan fingerprint density at radius 2 is 1.78 bits per heavy atom. The SMILES string of the molecule is CC(C)Cn1nc(C(=O)Nc2cc(C(N)=O)ccc2N2CCCC2)c2ccccc2c1=O. The standard InChI is InChI=1S/C24H27N5O3/c1-15(2)14-29-24(32)18-8-4-3-7-17(18)21(27-29)23(31)26-19-13-16(22(25)30)9-10-20(19)28-11-5-6-12-28/h3-4,7-10,13,15H,5-6,11-12,14H2,1-2H3,(H2,25,30)(H,26,31). The van der Waals surface area contributed by atoms with Crippen molar-refractivity contribution in [1.29, 1.82) is 0 Å². The molecule has 0 atom stereocenters. The van der Waals surface area contributed by atoms with Crippen LogP contribution in [0.1, 0.15) is 47.5 Å². The smallest absolute Gasteiger partial charge is 0.276 e. The number of primary amides is 1. The number of carbonyl (C=O) groups is 2. The number of anilines is 2. The van der Waals surface area contributed by atoms with E-state index >= 15 is 0 Å². The number of aromatic nitrogens is 2. The Labute approximate surface area is 186 Å². The fraction of sp³-hybridized carbons (Fsp3) is 0.333. The molecule has 4 rings (SSSR count). The summed E-state index contributed by atoms with van der Waals surface area (Å²) in [7, 11) is 0. The van der Waals surface area contributed by atoms with Crippen molar-refractivity contribution in [2.75, 3.05) is 23.3 Å². The lowest BCUT2D eigenvalue weighted by atomic mass is 10.1. The number of nitrogens with two attached hydrogens (primary N) is 1. The normalized spacial score (nSPS) is 13.7. The van der Waals surface area contributed by atoms with Gasteiger partial charge in [-0.3, -0.25) is 14.4 Å². The van der Waals surface area contributed by atoms with Gasteiger partial charge >= 0.3 is 0 Å².